The topological polar surface area (TPSA) is 51.2 Å². The van der Waals surface area contributed by atoms with Gasteiger partial charge in [0.1, 0.15) is 5.76 Å². The molecule has 1 aromatic heterocycles. The van der Waals surface area contributed by atoms with Crippen LogP contribution in [0.5, 0.6) is 0 Å². The first-order valence-electron chi connectivity index (χ1n) is 5.49. The molecule has 1 atom stereocenters. The molecule has 4 heteroatoms. The van der Waals surface area contributed by atoms with Crippen LogP contribution in [0.15, 0.2) is 41.0 Å². The van der Waals surface area contributed by atoms with Crippen molar-refractivity contribution in [1.29, 1.82) is 0 Å². The minimum absolute atomic E-state index is 0.198. The molecule has 2 aromatic rings. The molecule has 0 amide bonds. The molecular formula is C13H15ClN2O. The molecule has 0 bridgehead atoms. The van der Waals surface area contributed by atoms with E-state index < -0.39 is 0 Å². The van der Waals surface area contributed by atoms with Crippen LogP contribution in [0.3, 0.4) is 0 Å². The predicted molar refractivity (Wildman–Crippen MR) is 71.4 cm³/mol. The van der Waals surface area contributed by atoms with Gasteiger partial charge in [-0.15, -0.1) is 0 Å². The molecule has 0 saturated carbocycles. The monoisotopic (exact) mass is 250 g/mol. The van der Waals surface area contributed by atoms with Crippen LogP contribution in [-0.4, -0.2) is 6.04 Å². The summed E-state index contributed by atoms with van der Waals surface area (Å²) in [6.07, 6.45) is 2.46. The fourth-order valence-corrected chi connectivity index (χ4v) is 1.96. The Morgan fingerprint density at radius 2 is 2.18 bits per heavy atom. The van der Waals surface area contributed by atoms with Crippen molar-refractivity contribution in [3.63, 3.8) is 0 Å². The van der Waals surface area contributed by atoms with E-state index in [4.69, 9.17) is 21.8 Å². The van der Waals surface area contributed by atoms with E-state index in [0.717, 1.165) is 17.9 Å². The first-order chi connectivity index (χ1) is 8.16. The largest absolute Gasteiger partial charge is 0.469 e. The molecule has 90 valence electrons. The maximum absolute atomic E-state index is 6.09. The first-order valence-corrected chi connectivity index (χ1v) is 5.87. The Bertz CT molecular complexity index is 462. The van der Waals surface area contributed by atoms with Gasteiger partial charge < -0.3 is 15.5 Å². The van der Waals surface area contributed by atoms with Crippen LogP contribution in [0.1, 0.15) is 12.7 Å². The van der Waals surface area contributed by atoms with Crippen molar-refractivity contribution in [2.45, 2.75) is 19.4 Å². The number of halogens is 1. The number of nitrogen functional groups attached to an aromatic ring is 1. The van der Waals surface area contributed by atoms with Crippen molar-refractivity contribution < 1.29 is 4.42 Å². The molecule has 17 heavy (non-hydrogen) atoms. The summed E-state index contributed by atoms with van der Waals surface area (Å²) >= 11 is 6.09. The Labute approximate surface area is 106 Å². The Balaban J connectivity index is 2.05. The van der Waals surface area contributed by atoms with Crippen molar-refractivity contribution in [3.8, 4) is 0 Å². The van der Waals surface area contributed by atoms with Gasteiger partial charge in [0, 0.05) is 12.5 Å². The van der Waals surface area contributed by atoms with E-state index in [-0.39, 0.29) is 6.04 Å². The van der Waals surface area contributed by atoms with Gasteiger partial charge in [0.2, 0.25) is 0 Å². The molecule has 0 aliphatic carbocycles. The summed E-state index contributed by atoms with van der Waals surface area (Å²) in [7, 11) is 0. The van der Waals surface area contributed by atoms with Gasteiger partial charge in [-0.25, -0.2) is 0 Å². The third-order valence-corrected chi connectivity index (χ3v) is 2.84. The van der Waals surface area contributed by atoms with Gasteiger partial charge in [0.25, 0.3) is 0 Å². The highest BCUT2D eigenvalue weighted by Gasteiger charge is 2.10. The van der Waals surface area contributed by atoms with E-state index in [9.17, 15) is 0 Å². The molecule has 0 fully saturated rings. The second-order valence-electron chi connectivity index (χ2n) is 4.03. The zero-order valence-electron chi connectivity index (χ0n) is 9.61. The lowest BCUT2D eigenvalue weighted by Gasteiger charge is -2.16. The van der Waals surface area contributed by atoms with Gasteiger partial charge in [-0.1, -0.05) is 17.7 Å². The molecule has 3 nitrogen and oxygen atoms in total. The Morgan fingerprint density at radius 1 is 1.35 bits per heavy atom. The second-order valence-corrected chi connectivity index (χ2v) is 4.44. The fraction of sp³-hybridized carbons (Fsp3) is 0.231. The maximum Gasteiger partial charge on any atom is 0.105 e. The van der Waals surface area contributed by atoms with Crippen molar-refractivity contribution >= 4 is 23.0 Å². The van der Waals surface area contributed by atoms with E-state index in [1.807, 2.05) is 30.3 Å². The van der Waals surface area contributed by atoms with Crippen molar-refractivity contribution in [1.82, 2.24) is 0 Å². The minimum atomic E-state index is 0.198. The number of para-hydroxylation sites is 1. The van der Waals surface area contributed by atoms with E-state index >= 15 is 0 Å². The molecule has 0 radical (unpaired) electrons. The predicted octanol–water partition coefficient (Wildman–Crippen LogP) is 3.56. The highest BCUT2D eigenvalue weighted by molar-refractivity contribution is 6.33. The smallest absolute Gasteiger partial charge is 0.105 e. The molecule has 1 heterocycles. The van der Waals surface area contributed by atoms with E-state index in [1.54, 1.807) is 6.26 Å². The SMILES string of the molecule is CC(Cc1ccco1)Nc1c(N)cccc1Cl. The van der Waals surface area contributed by atoms with Gasteiger partial charge in [-0.3, -0.25) is 0 Å². The van der Waals surface area contributed by atoms with Crippen LogP contribution in [0, 0.1) is 0 Å². The van der Waals surface area contributed by atoms with Gasteiger partial charge >= 0.3 is 0 Å². The fourth-order valence-electron chi connectivity index (χ4n) is 1.72. The quantitative estimate of drug-likeness (QED) is 0.816. The zero-order valence-corrected chi connectivity index (χ0v) is 10.4. The van der Waals surface area contributed by atoms with Crippen molar-refractivity contribution in [2.24, 2.45) is 0 Å². The Kier molecular flexibility index (Phi) is 3.59. The minimum Gasteiger partial charge on any atom is -0.469 e. The van der Waals surface area contributed by atoms with Crippen LogP contribution in [-0.2, 0) is 6.42 Å². The molecular weight excluding hydrogens is 236 g/mol. The van der Waals surface area contributed by atoms with Crippen LogP contribution >= 0.6 is 11.6 Å². The van der Waals surface area contributed by atoms with E-state index in [0.29, 0.717) is 10.7 Å². The third-order valence-electron chi connectivity index (χ3n) is 2.52. The average Bonchev–Trinajstić information content (AvgIpc) is 2.76. The molecule has 1 aromatic carbocycles. The van der Waals surface area contributed by atoms with Crippen molar-refractivity contribution in [2.75, 3.05) is 11.1 Å². The van der Waals surface area contributed by atoms with Gasteiger partial charge in [-0.05, 0) is 31.2 Å². The lowest BCUT2D eigenvalue weighted by molar-refractivity contribution is 0.498. The maximum atomic E-state index is 6.09. The van der Waals surface area contributed by atoms with Crippen molar-refractivity contribution in [3.05, 3.63) is 47.4 Å². The summed E-state index contributed by atoms with van der Waals surface area (Å²) < 4.78 is 5.30. The summed E-state index contributed by atoms with van der Waals surface area (Å²) in [6.45, 7) is 2.06. The molecule has 0 aliphatic rings. The summed E-state index contributed by atoms with van der Waals surface area (Å²) in [6, 6.07) is 9.51. The number of hydrogen-bond acceptors (Lipinski definition) is 3. The number of furan rings is 1. The summed E-state index contributed by atoms with van der Waals surface area (Å²) in [4.78, 5) is 0. The number of nitrogens with one attached hydrogen (secondary N) is 1. The Hall–Kier alpha value is -1.61. The molecule has 0 aliphatic heterocycles. The number of anilines is 2. The van der Waals surface area contributed by atoms with Crippen LogP contribution in [0.4, 0.5) is 11.4 Å². The first kappa shape index (κ1) is 11.9. The summed E-state index contributed by atoms with van der Waals surface area (Å²) in [5.74, 6) is 0.940. The van der Waals surface area contributed by atoms with Crippen LogP contribution in [0.25, 0.3) is 0 Å². The number of nitrogens with two attached hydrogens (primary N) is 1. The summed E-state index contributed by atoms with van der Waals surface area (Å²) in [5, 5.41) is 3.94. The molecule has 1 unspecified atom stereocenters. The third kappa shape index (κ3) is 2.94. The normalized spacial score (nSPS) is 12.4. The zero-order chi connectivity index (χ0) is 12.3. The molecule has 3 N–H and O–H groups in total. The average molecular weight is 251 g/mol. The van der Waals surface area contributed by atoms with E-state index in [2.05, 4.69) is 12.2 Å². The summed E-state index contributed by atoms with van der Waals surface area (Å²) in [5.41, 5.74) is 7.31. The second kappa shape index (κ2) is 5.15. The van der Waals surface area contributed by atoms with Gasteiger partial charge in [0.05, 0.1) is 22.7 Å². The molecule has 2 rings (SSSR count). The highest BCUT2D eigenvalue weighted by atomic mass is 35.5. The standard InChI is InChI=1S/C13H15ClN2O/c1-9(8-10-4-3-7-17-10)16-13-11(14)5-2-6-12(13)15/h2-7,9,16H,8,15H2,1H3. The highest BCUT2D eigenvalue weighted by Crippen LogP contribution is 2.28. The van der Waals surface area contributed by atoms with E-state index in [1.165, 1.54) is 0 Å². The van der Waals surface area contributed by atoms with Crippen LogP contribution < -0.4 is 11.1 Å². The molecule has 0 saturated heterocycles. The van der Waals surface area contributed by atoms with Gasteiger partial charge in [0.15, 0.2) is 0 Å². The molecule has 0 spiro atoms. The lowest BCUT2D eigenvalue weighted by atomic mass is 10.1. The number of rotatable bonds is 4. The van der Waals surface area contributed by atoms with Gasteiger partial charge in [-0.2, -0.15) is 0 Å². The number of hydrogen-bond donors (Lipinski definition) is 2. The number of benzene rings is 1. The Morgan fingerprint density at radius 3 is 2.82 bits per heavy atom. The lowest BCUT2D eigenvalue weighted by Crippen LogP contribution is -2.18. The van der Waals surface area contributed by atoms with Crippen LogP contribution in [0.2, 0.25) is 5.02 Å².